The number of nitrogens with zero attached hydrogens (tertiary/aromatic N) is 4. The van der Waals surface area contributed by atoms with Gasteiger partial charge in [0.1, 0.15) is 5.69 Å². The van der Waals surface area contributed by atoms with Crippen LogP contribution in [0.15, 0.2) is 4.60 Å². The summed E-state index contributed by atoms with van der Waals surface area (Å²) in [4.78, 5) is 15.1. The zero-order valence-corrected chi connectivity index (χ0v) is 13.6. The Hall–Kier alpha value is -0.750. The molecule has 1 aliphatic rings. The van der Waals surface area contributed by atoms with Crippen LogP contribution in [-0.4, -0.2) is 45.3 Å². The first-order chi connectivity index (χ1) is 8.88. The molecule has 1 fully saturated rings. The molecule has 2 atom stereocenters. The Morgan fingerprint density at radius 3 is 2.68 bits per heavy atom. The number of carbonyl (C=O) groups is 1. The van der Waals surface area contributed by atoms with Crippen molar-refractivity contribution in [2.24, 2.45) is 13.0 Å². The van der Waals surface area contributed by atoms with Gasteiger partial charge < -0.3 is 0 Å². The number of halogens is 1. The van der Waals surface area contributed by atoms with E-state index in [9.17, 15) is 4.79 Å². The van der Waals surface area contributed by atoms with Crippen molar-refractivity contribution >= 4 is 21.7 Å². The fraction of sp³-hybridized carbons (Fsp3) is 0.769. The first-order valence-corrected chi connectivity index (χ1v) is 7.45. The Bertz CT molecular complexity index is 465. The highest BCUT2D eigenvalue weighted by atomic mass is 79.9. The molecule has 0 aliphatic heterocycles. The minimum atomic E-state index is -0.421. The third-order valence-electron chi connectivity index (χ3n) is 4.25. The van der Waals surface area contributed by atoms with Crippen LogP contribution in [-0.2, 0) is 7.05 Å². The van der Waals surface area contributed by atoms with E-state index in [0.717, 1.165) is 19.3 Å². The van der Waals surface area contributed by atoms with Gasteiger partial charge in [-0.3, -0.25) is 9.69 Å². The Balaban J connectivity index is 2.42. The predicted molar refractivity (Wildman–Crippen MR) is 77.1 cm³/mol. The molecule has 0 amide bonds. The Morgan fingerprint density at radius 1 is 1.53 bits per heavy atom. The third-order valence-corrected chi connectivity index (χ3v) is 4.79. The number of hydrogen-bond donors (Lipinski definition) is 0. The molecule has 5 nitrogen and oxygen atoms in total. The van der Waals surface area contributed by atoms with Crippen molar-refractivity contribution < 1.29 is 4.79 Å². The first-order valence-electron chi connectivity index (χ1n) is 6.66. The summed E-state index contributed by atoms with van der Waals surface area (Å²) in [5.74, 6) is 0.698. The summed E-state index contributed by atoms with van der Waals surface area (Å²) in [7, 11) is 5.75. The highest BCUT2D eigenvalue weighted by Crippen LogP contribution is 2.38. The molecule has 1 aliphatic carbocycles. The molecule has 1 aromatic rings. The quantitative estimate of drug-likeness (QED) is 0.799. The summed E-state index contributed by atoms with van der Waals surface area (Å²) in [6.45, 7) is 2.22. The second kappa shape index (κ2) is 5.32. The Morgan fingerprint density at radius 2 is 2.21 bits per heavy atom. The lowest BCUT2D eigenvalue weighted by Gasteiger charge is -2.43. The standard InChI is InChI=1S/C13H21BrN4O/c1-9-6-5-7-13(8-9,17(2)3)11(19)10-12(14)15-16-18(10)4/h9H,5-8H2,1-4H3. The minimum Gasteiger partial charge on any atom is -0.297 e. The van der Waals surface area contributed by atoms with Gasteiger partial charge in [-0.15, -0.1) is 5.10 Å². The first kappa shape index (κ1) is 14.7. The molecule has 0 saturated heterocycles. The van der Waals surface area contributed by atoms with Crippen molar-refractivity contribution in [3.63, 3.8) is 0 Å². The van der Waals surface area contributed by atoms with Crippen LogP contribution in [0.25, 0.3) is 0 Å². The second-order valence-electron chi connectivity index (χ2n) is 5.81. The van der Waals surface area contributed by atoms with Gasteiger partial charge in [0.15, 0.2) is 4.60 Å². The summed E-state index contributed by atoms with van der Waals surface area (Å²) in [6.07, 6.45) is 4.10. The van der Waals surface area contributed by atoms with E-state index in [1.54, 1.807) is 11.7 Å². The van der Waals surface area contributed by atoms with E-state index in [-0.39, 0.29) is 5.78 Å². The van der Waals surface area contributed by atoms with E-state index in [1.165, 1.54) is 6.42 Å². The Kier molecular flexibility index (Phi) is 4.11. The van der Waals surface area contributed by atoms with Gasteiger partial charge in [0, 0.05) is 7.05 Å². The zero-order valence-electron chi connectivity index (χ0n) is 12.0. The fourth-order valence-corrected chi connectivity index (χ4v) is 3.64. The highest BCUT2D eigenvalue weighted by molar-refractivity contribution is 9.10. The molecule has 0 bridgehead atoms. The number of hydrogen-bond acceptors (Lipinski definition) is 4. The van der Waals surface area contributed by atoms with E-state index in [4.69, 9.17) is 0 Å². The summed E-state index contributed by atoms with van der Waals surface area (Å²) in [5.41, 5.74) is 0.151. The maximum Gasteiger partial charge on any atom is 0.203 e. The average molecular weight is 329 g/mol. The summed E-state index contributed by atoms with van der Waals surface area (Å²) in [6, 6.07) is 0. The molecule has 1 aromatic heterocycles. The van der Waals surface area contributed by atoms with Crippen LogP contribution < -0.4 is 0 Å². The van der Waals surface area contributed by atoms with Crippen molar-refractivity contribution in [1.29, 1.82) is 0 Å². The van der Waals surface area contributed by atoms with Crippen LogP contribution in [0.4, 0.5) is 0 Å². The number of aromatic nitrogens is 3. The maximum absolute atomic E-state index is 13.0. The molecule has 2 unspecified atom stereocenters. The predicted octanol–water partition coefficient (Wildman–Crippen LogP) is 2.27. The molecule has 1 heterocycles. The molecular weight excluding hydrogens is 308 g/mol. The second-order valence-corrected chi connectivity index (χ2v) is 6.56. The molecule has 0 aromatic carbocycles. The molecule has 2 rings (SSSR count). The number of carbonyl (C=O) groups excluding carboxylic acids is 1. The fourth-order valence-electron chi connectivity index (χ4n) is 3.13. The number of rotatable bonds is 3. The summed E-state index contributed by atoms with van der Waals surface area (Å²) >= 11 is 3.34. The van der Waals surface area contributed by atoms with E-state index < -0.39 is 5.54 Å². The van der Waals surface area contributed by atoms with Crippen LogP contribution in [0, 0.1) is 5.92 Å². The topological polar surface area (TPSA) is 51.0 Å². The van der Waals surface area contributed by atoms with Gasteiger partial charge in [0.2, 0.25) is 5.78 Å². The van der Waals surface area contributed by atoms with Crippen molar-refractivity contribution in [2.45, 2.75) is 38.1 Å². The van der Waals surface area contributed by atoms with Gasteiger partial charge in [0.05, 0.1) is 5.54 Å². The molecule has 1 saturated carbocycles. The van der Waals surface area contributed by atoms with Gasteiger partial charge in [-0.2, -0.15) is 0 Å². The lowest BCUT2D eigenvalue weighted by atomic mass is 9.72. The summed E-state index contributed by atoms with van der Waals surface area (Å²) < 4.78 is 2.11. The van der Waals surface area contributed by atoms with E-state index in [0.29, 0.717) is 16.2 Å². The molecule has 0 radical (unpaired) electrons. The average Bonchev–Trinajstić information content (AvgIpc) is 2.67. The summed E-state index contributed by atoms with van der Waals surface area (Å²) in [5, 5.41) is 7.85. The van der Waals surface area contributed by atoms with E-state index in [1.807, 2.05) is 14.1 Å². The van der Waals surface area contributed by atoms with E-state index in [2.05, 4.69) is 38.1 Å². The molecule has 0 N–H and O–H groups in total. The van der Waals surface area contributed by atoms with Crippen molar-refractivity contribution in [3.8, 4) is 0 Å². The highest BCUT2D eigenvalue weighted by Gasteiger charge is 2.45. The van der Waals surface area contributed by atoms with E-state index >= 15 is 0 Å². The van der Waals surface area contributed by atoms with Gasteiger partial charge in [-0.1, -0.05) is 25.0 Å². The van der Waals surface area contributed by atoms with Crippen molar-refractivity contribution in [1.82, 2.24) is 19.9 Å². The minimum absolute atomic E-state index is 0.128. The lowest BCUT2D eigenvalue weighted by molar-refractivity contribution is 0.0475. The van der Waals surface area contributed by atoms with Gasteiger partial charge >= 0.3 is 0 Å². The number of likely N-dealkylation sites (N-methyl/N-ethyl adjacent to an activating group) is 1. The molecule has 106 valence electrons. The molecule has 6 heteroatoms. The molecular formula is C13H21BrN4O. The maximum atomic E-state index is 13.0. The van der Waals surface area contributed by atoms with Crippen molar-refractivity contribution in [2.75, 3.05) is 14.1 Å². The normalized spacial score (nSPS) is 27.8. The third kappa shape index (κ3) is 2.48. The van der Waals surface area contributed by atoms with Crippen molar-refractivity contribution in [3.05, 3.63) is 10.3 Å². The zero-order chi connectivity index (χ0) is 14.2. The lowest BCUT2D eigenvalue weighted by Crippen LogP contribution is -2.54. The van der Waals surface area contributed by atoms with Crippen LogP contribution >= 0.6 is 15.9 Å². The number of aryl methyl sites for hydroxylation is 1. The molecule has 19 heavy (non-hydrogen) atoms. The Labute approximate surface area is 122 Å². The number of Topliss-reactive ketones (excluding diaryl/α,β-unsaturated/α-hetero) is 1. The van der Waals surface area contributed by atoms with Crippen LogP contribution in [0.2, 0.25) is 0 Å². The van der Waals surface area contributed by atoms with Crippen LogP contribution in [0.3, 0.4) is 0 Å². The smallest absolute Gasteiger partial charge is 0.203 e. The van der Waals surface area contributed by atoms with Gasteiger partial charge in [0.25, 0.3) is 0 Å². The SMILES string of the molecule is CC1CCCC(C(=O)c2c(Br)nnn2C)(N(C)C)C1. The van der Waals surface area contributed by atoms with Gasteiger partial charge in [-0.25, -0.2) is 4.68 Å². The molecule has 0 spiro atoms. The number of ketones is 1. The van der Waals surface area contributed by atoms with Crippen LogP contribution in [0.5, 0.6) is 0 Å². The monoisotopic (exact) mass is 328 g/mol. The largest absolute Gasteiger partial charge is 0.297 e. The van der Waals surface area contributed by atoms with Crippen LogP contribution in [0.1, 0.15) is 43.1 Å². The van der Waals surface area contributed by atoms with Gasteiger partial charge in [-0.05, 0) is 48.8 Å².